The second-order valence-corrected chi connectivity index (χ2v) is 7.56. The zero-order chi connectivity index (χ0) is 26.5. The highest BCUT2D eigenvalue weighted by Gasteiger charge is 2.91. The lowest BCUT2D eigenvalue weighted by molar-refractivity contribution is -0.436. The van der Waals surface area contributed by atoms with Crippen molar-refractivity contribution >= 4 is 23.2 Å². The van der Waals surface area contributed by atoms with Crippen LogP contribution in [0.15, 0.2) is 24.3 Å². The van der Waals surface area contributed by atoms with Crippen molar-refractivity contribution in [2.24, 2.45) is 0 Å². The van der Waals surface area contributed by atoms with Crippen LogP contribution in [0.4, 0.5) is 62.8 Å². The van der Waals surface area contributed by atoms with Gasteiger partial charge in [0.05, 0.1) is 0 Å². The number of hydrogen-bond donors (Lipinski definition) is 0. The number of piperazine rings is 1. The molecule has 1 aliphatic rings. The van der Waals surface area contributed by atoms with E-state index in [9.17, 15) is 61.9 Å². The molecule has 17 heteroatoms. The SMILES string of the molecule is O=C(N1CCN(c2ccc(Cl)cc2)CC1)C(F)(F)C(F)(F)C(F)(F)C(F)(F)C(F)(F)C(F)(F)F. The summed E-state index contributed by atoms with van der Waals surface area (Å²) in [6.07, 6.45) is -7.51. The second kappa shape index (κ2) is 8.52. The van der Waals surface area contributed by atoms with Gasteiger partial charge in [-0.2, -0.15) is 57.1 Å². The number of carbonyl (C=O) groups excluding carboxylic acids is 1. The zero-order valence-electron chi connectivity index (χ0n) is 16.2. The van der Waals surface area contributed by atoms with E-state index < -0.39 is 54.8 Å². The average Bonchev–Trinajstić information content (AvgIpc) is 2.72. The average molecular weight is 543 g/mol. The van der Waals surface area contributed by atoms with E-state index in [0.717, 1.165) is 0 Å². The molecule has 1 aromatic carbocycles. The Morgan fingerprint density at radius 1 is 0.647 bits per heavy atom. The summed E-state index contributed by atoms with van der Waals surface area (Å²) in [5.41, 5.74) is 0.425. The fourth-order valence-corrected chi connectivity index (χ4v) is 3.05. The number of amides is 1. The molecule has 34 heavy (non-hydrogen) atoms. The molecule has 2 rings (SSSR count). The summed E-state index contributed by atoms with van der Waals surface area (Å²) < 4.78 is 172. The van der Waals surface area contributed by atoms with Gasteiger partial charge < -0.3 is 9.80 Å². The molecule has 0 spiro atoms. The summed E-state index contributed by atoms with van der Waals surface area (Å²) in [6.45, 7) is -2.33. The van der Waals surface area contributed by atoms with Crippen molar-refractivity contribution in [1.29, 1.82) is 0 Å². The molecule has 194 valence electrons. The molecule has 0 bridgehead atoms. The van der Waals surface area contributed by atoms with Gasteiger partial charge in [0, 0.05) is 36.9 Å². The van der Waals surface area contributed by atoms with Crippen LogP contribution in [0, 0.1) is 0 Å². The van der Waals surface area contributed by atoms with E-state index in [1.807, 2.05) is 0 Å². The quantitative estimate of drug-likeness (QED) is 0.429. The van der Waals surface area contributed by atoms with Crippen molar-refractivity contribution in [3.05, 3.63) is 29.3 Å². The molecule has 0 radical (unpaired) electrons. The first-order valence-corrected chi connectivity index (χ1v) is 9.26. The van der Waals surface area contributed by atoms with Crippen LogP contribution in [-0.4, -0.2) is 72.8 Å². The minimum absolute atomic E-state index is 0.129. The highest BCUT2D eigenvalue weighted by Crippen LogP contribution is 2.60. The molecular weight excluding hydrogens is 531 g/mol. The first-order chi connectivity index (χ1) is 15.1. The number of halogens is 14. The van der Waals surface area contributed by atoms with Gasteiger partial charge in [0.1, 0.15) is 0 Å². The summed E-state index contributed by atoms with van der Waals surface area (Å²) in [7, 11) is 0. The van der Waals surface area contributed by atoms with Crippen LogP contribution in [0.5, 0.6) is 0 Å². The topological polar surface area (TPSA) is 23.6 Å². The van der Waals surface area contributed by atoms with Crippen LogP contribution in [-0.2, 0) is 4.79 Å². The highest BCUT2D eigenvalue weighted by molar-refractivity contribution is 6.30. The maximum Gasteiger partial charge on any atom is 0.460 e. The number of rotatable bonds is 6. The lowest BCUT2D eigenvalue weighted by atomic mass is 9.93. The van der Waals surface area contributed by atoms with Crippen LogP contribution in [0.2, 0.25) is 5.02 Å². The van der Waals surface area contributed by atoms with Crippen LogP contribution >= 0.6 is 11.6 Å². The second-order valence-electron chi connectivity index (χ2n) is 7.13. The standard InChI is InChI=1S/C17H12ClF13N2O/c18-9-1-3-10(4-2-9)32-5-7-33(8-6-32)11(34)12(19,20)13(21,22)14(23,24)15(25,26)16(27,28)17(29,30)31/h1-4H,5-8H2. The van der Waals surface area contributed by atoms with Gasteiger partial charge in [-0.15, -0.1) is 0 Å². The van der Waals surface area contributed by atoms with Crippen molar-refractivity contribution in [3.8, 4) is 0 Å². The van der Waals surface area contributed by atoms with Crippen LogP contribution in [0.25, 0.3) is 0 Å². The summed E-state index contributed by atoms with van der Waals surface area (Å²) in [5, 5.41) is 0.313. The molecule has 0 aliphatic carbocycles. The lowest BCUT2D eigenvalue weighted by Gasteiger charge is -2.41. The number of anilines is 1. The first-order valence-electron chi connectivity index (χ1n) is 8.88. The maximum absolute atomic E-state index is 14.0. The maximum atomic E-state index is 14.0. The minimum atomic E-state index is -8.04. The van der Waals surface area contributed by atoms with Gasteiger partial charge in [0.2, 0.25) is 0 Å². The first kappa shape index (κ1) is 28.1. The molecule has 0 saturated carbocycles. The van der Waals surface area contributed by atoms with Crippen molar-refractivity contribution in [2.75, 3.05) is 31.1 Å². The predicted octanol–water partition coefficient (Wildman–Crippen LogP) is 5.73. The largest absolute Gasteiger partial charge is 0.460 e. The van der Waals surface area contributed by atoms with E-state index in [-0.39, 0.29) is 18.0 Å². The molecule has 0 unspecified atom stereocenters. The molecule has 1 aliphatic heterocycles. The Morgan fingerprint density at radius 3 is 1.47 bits per heavy atom. The molecule has 0 atom stereocenters. The van der Waals surface area contributed by atoms with Gasteiger partial charge in [-0.1, -0.05) is 11.6 Å². The lowest BCUT2D eigenvalue weighted by Crippen LogP contribution is -2.72. The number of alkyl halides is 13. The number of hydrogen-bond acceptors (Lipinski definition) is 2. The van der Waals surface area contributed by atoms with E-state index in [1.165, 1.54) is 29.2 Å². The summed E-state index contributed by atoms with van der Waals surface area (Å²) in [6, 6.07) is 5.74. The Bertz CT molecular complexity index is 894. The van der Waals surface area contributed by atoms with Gasteiger partial charge >= 0.3 is 35.8 Å². The fourth-order valence-electron chi connectivity index (χ4n) is 2.92. The van der Waals surface area contributed by atoms with Gasteiger partial charge in [-0.05, 0) is 24.3 Å². The van der Waals surface area contributed by atoms with Crippen molar-refractivity contribution in [1.82, 2.24) is 4.90 Å². The summed E-state index contributed by atoms with van der Waals surface area (Å²) >= 11 is 5.68. The van der Waals surface area contributed by atoms with E-state index in [0.29, 0.717) is 10.7 Å². The summed E-state index contributed by atoms with van der Waals surface area (Å²) in [5.74, 6) is -41.4. The third kappa shape index (κ3) is 4.21. The van der Waals surface area contributed by atoms with E-state index in [2.05, 4.69) is 0 Å². The zero-order valence-corrected chi connectivity index (χ0v) is 17.0. The molecule has 1 aromatic rings. The highest BCUT2D eigenvalue weighted by atomic mass is 35.5. The van der Waals surface area contributed by atoms with Crippen LogP contribution in [0.3, 0.4) is 0 Å². The third-order valence-corrected chi connectivity index (χ3v) is 5.21. The Labute approximate surface area is 187 Å². The van der Waals surface area contributed by atoms with E-state index in [4.69, 9.17) is 11.6 Å². The number of nitrogens with zero attached hydrogens (tertiary/aromatic N) is 2. The van der Waals surface area contributed by atoms with Gasteiger partial charge in [0.15, 0.2) is 0 Å². The van der Waals surface area contributed by atoms with Gasteiger partial charge in [0.25, 0.3) is 5.91 Å². The molecule has 0 N–H and O–H groups in total. The number of carbonyl (C=O) groups is 1. The molecule has 1 amide bonds. The molecule has 1 fully saturated rings. The smallest absolute Gasteiger partial charge is 0.368 e. The Morgan fingerprint density at radius 2 is 1.06 bits per heavy atom. The molecule has 3 nitrogen and oxygen atoms in total. The van der Waals surface area contributed by atoms with Crippen molar-refractivity contribution in [3.63, 3.8) is 0 Å². The normalized spacial score (nSPS) is 17.2. The predicted molar refractivity (Wildman–Crippen MR) is 91.0 cm³/mol. The van der Waals surface area contributed by atoms with E-state index >= 15 is 0 Å². The monoisotopic (exact) mass is 542 g/mol. The van der Waals surface area contributed by atoms with Crippen molar-refractivity contribution in [2.45, 2.75) is 35.8 Å². The summed E-state index contributed by atoms with van der Waals surface area (Å²) in [4.78, 5) is 13.1. The molecule has 0 aromatic heterocycles. The fraction of sp³-hybridized carbons (Fsp3) is 0.588. The van der Waals surface area contributed by atoms with Crippen LogP contribution in [0.1, 0.15) is 0 Å². The van der Waals surface area contributed by atoms with Gasteiger partial charge in [-0.25, -0.2) is 0 Å². The number of benzene rings is 1. The van der Waals surface area contributed by atoms with Crippen molar-refractivity contribution < 1.29 is 61.9 Å². The Hall–Kier alpha value is -2.13. The Balaban J connectivity index is 2.27. The minimum Gasteiger partial charge on any atom is -0.368 e. The van der Waals surface area contributed by atoms with Gasteiger partial charge in [-0.3, -0.25) is 4.79 Å². The van der Waals surface area contributed by atoms with E-state index in [1.54, 1.807) is 0 Å². The third-order valence-electron chi connectivity index (χ3n) is 4.96. The molecular formula is C17H12ClF13N2O. The van der Waals surface area contributed by atoms with Crippen LogP contribution < -0.4 is 4.90 Å². The Kier molecular flexibility index (Phi) is 7.04. The molecule has 1 saturated heterocycles. The molecule has 1 heterocycles.